The Hall–Kier alpha value is -1.85. The topological polar surface area (TPSA) is 83.7 Å². The number of fused-ring (bicyclic) bond motifs is 1. The number of nitrogens with zero attached hydrogens (tertiary/aromatic N) is 4. The van der Waals surface area contributed by atoms with Gasteiger partial charge in [0.25, 0.3) is 0 Å². The van der Waals surface area contributed by atoms with Gasteiger partial charge in [0, 0.05) is 13.1 Å². The van der Waals surface area contributed by atoms with Crippen LogP contribution in [0.5, 0.6) is 0 Å². The maximum atomic E-state index is 5.74. The monoisotopic (exact) mass is 246 g/mol. The first kappa shape index (κ1) is 11.3. The van der Waals surface area contributed by atoms with Crippen molar-refractivity contribution >= 4 is 22.9 Å². The molecule has 0 amide bonds. The van der Waals surface area contributed by atoms with E-state index in [2.05, 4.69) is 38.7 Å². The van der Waals surface area contributed by atoms with Gasteiger partial charge in [0.2, 0.25) is 5.95 Å². The Bertz CT molecular complexity index is 561. The van der Waals surface area contributed by atoms with Gasteiger partial charge in [-0.2, -0.15) is 9.97 Å². The maximum absolute atomic E-state index is 5.74. The van der Waals surface area contributed by atoms with E-state index in [9.17, 15) is 0 Å². The lowest BCUT2D eigenvalue weighted by Gasteiger charge is -2.19. The molecule has 6 nitrogen and oxygen atoms in total. The fraction of sp³-hybridized carbons (Fsp3) is 0.583. The van der Waals surface area contributed by atoms with Gasteiger partial charge in [-0.25, -0.2) is 4.98 Å². The zero-order valence-corrected chi connectivity index (χ0v) is 10.7. The third-order valence-corrected chi connectivity index (χ3v) is 3.75. The lowest BCUT2D eigenvalue weighted by molar-refractivity contribution is 0.422. The minimum atomic E-state index is 0.289. The summed E-state index contributed by atoms with van der Waals surface area (Å²) in [6.45, 7) is 6.60. The van der Waals surface area contributed by atoms with E-state index in [0.29, 0.717) is 11.6 Å². The summed E-state index contributed by atoms with van der Waals surface area (Å²) in [5.74, 6) is 2.60. The fourth-order valence-electron chi connectivity index (χ4n) is 2.59. The maximum Gasteiger partial charge on any atom is 0.224 e. The lowest BCUT2D eigenvalue weighted by atomic mass is 9.95. The van der Waals surface area contributed by atoms with Crippen molar-refractivity contribution in [3.05, 3.63) is 6.33 Å². The normalized spacial score (nSPS) is 20.2. The van der Waals surface area contributed by atoms with E-state index in [0.717, 1.165) is 30.3 Å². The summed E-state index contributed by atoms with van der Waals surface area (Å²) in [7, 11) is 0. The number of nitrogens with two attached hydrogens (primary N) is 1. The predicted molar refractivity (Wildman–Crippen MR) is 71.3 cm³/mol. The molecular weight excluding hydrogens is 228 g/mol. The molecule has 0 aliphatic carbocycles. The summed E-state index contributed by atoms with van der Waals surface area (Å²) in [5, 5.41) is 0. The number of H-pyrrole nitrogens is 1. The summed E-state index contributed by atoms with van der Waals surface area (Å²) in [6.07, 6.45) is 2.84. The van der Waals surface area contributed by atoms with Gasteiger partial charge in [-0.15, -0.1) is 0 Å². The van der Waals surface area contributed by atoms with E-state index in [1.165, 1.54) is 6.42 Å². The molecule has 0 spiro atoms. The molecule has 0 aromatic carbocycles. The summed E-state index contributed by atoms with van der Waals surface area (Å²) in [5.41, 5.74) is 7.27. The number of anilines is 2. The lowest BCUT2D eigenvalue weighted by Crippen LogP contribution is -2.23. The van der Waals surface area contributed by atoms with Gasteiger partial charge in [-0.3, -0.25) is 0 Å². The average molecular weight is 246 g/mol. The highest BCUT2D eigenvalue weighted by molar-refractivity contribution is 5.84. The van der Waals surface area contributed by atoms with Crippen LogP contribution in [-0.4, -0.2) is 33.0 Å². The van der Waals surface area contributed by atoms with Crippen LogP contribution in [0.4, 0.5) is 11.8 Å². The highest BCUT2D eigenvalue weighted by atomic mass is 15.2. The Morgan fingerprint density at radius 2 is 2.28 bits per heavy atom. The minimum Gasteiger partial charge on any atom is -0.368 e. The van der Waals surface area contributed by atoms with E-state index in [1.807, 2.05) is 0 Å². The standard InChI is InChI=1S/C12H18N6/c1-7(2)8-3-4-18(5-8)11-9-10(15-6-14-9)16-12(13)17-11/h6-8H,3-5H2,1-2H3,(H3,13,14,15,16,17). The smallest absolute Gasteiger partial charge is 0.224 e. The van der Waals surface area contributed by atoms with Gasteiger partial charge < -0.3 is 15.6 Å². The van der Waals surface area contributed by atoms with E-state index in [-0.39, 0.29) is 5.95 Å². The first-order chi connectivity index (χ1) is 8.65. The Morgan fingerprint density at radius 1 is 1.44 bits per heavy atom. The average Bonchev–Trinajstić information content (AvgIpc) is 2.95. The van der Waals surface area contributed by atoms with Crippen LogP contribution >= 0.6 is 0 Å². The second kappa shape index (κ2) is 4.12. The van der Waals surface area contributed by atoms with Crippen molar-refractivity contribution in [3.63, 3.8) is 0 Å². The largest absolute Gasteiger partial charge is 0.368 e. The number of rotatable bonds is 2. The number of aromatic amines is 1. The summed E-state index contributed by atoms with van der Waals surface area (Å²) < 4.78 is 0. The van der Waals surface area contributed by atoms with Gasteiger partial charge in [-0.1, -0.05) is 13.8 Å². The van der Waals surface area contributed by atoms with E-state index in [4.69, 9.17) is 5.73 Å². The number of aromatic nitrogens is 4. The van der Waals surface area contributed by atoms with Gasteiger partial charge in [0.15, 0.2) is 11.5 Å². The summed E-state index contributed by atoms with van der Waals surface area (Å²) in [6, 6.07) is 0. The van der Waals surface area contributed by atoms with Crippen molar-refractivity contribution in [2.75, 3.05) is 23.7 Å². The van der Waals surface area contributed by atoms with Crippen LogP contribution in [0.3, 0.4) is 0 Å². The van der Waals surface area contributed by atoms with Crippen molar-refractivity contribution < 1.29 is 0 Å². The molecule has 1 fully saturated rings. The Labute approximate surface area is 106 Å². The van der Waals surface area contributed by atoms with E-state index >= 15 is 0 Å². The molecule has 3 heterocycles. The number of imidazole rings is 1. The van der Waals surface area contributed by atoms with E-state index < -0.39 is 0 Å². The van der Waals surface area contributed by atoms with Crippen LogP contribution in [0.15, 0.2) is 6.33 Å². The highest BCUT2D eigenvalue weighted by Crippen LogP contribution is 2.30. The molecule has 1 aliphatic heterocycles. The number of hydrogen-bond acceptors (Lipinski definition) is 5. The molecular formula is C12H18N6. The van der Waals surface area contributed by atoms with Crippen molar-refractivity contribution in [1.29, 1.82) is 0 Å². The number of nitrogens with one attached hydrogen (secondary N) is 1. The molecule has 1 saturated heterocycles. The Morgan fingerprint density at radius 3 is 3.00 bits per heavy atom. The molecule has 1 unspecified atom stereocenters. The van der Waals surface area contributed by atoms with Crippen LogP contribution in [0.1, 0.15) is 20.3 Å². The minimum absolute atomic E-state index is 0.289. The van der Waals surface area contributed by atoms with Crippen LogP contribution < -0.4 is 10.6 Å². The molecule has 1 atom stereocenters. The van der Waals surface area contributed by atoms with E-state index in [1.54, 1.807) is 6.33 Å². The van der Waals surface area contributed by atoms with Crippen molar-refractivity contribution in [2.45, 2.75) is 20.3 Å². The van der Waals surface area contributed by atoms with Crippen LogP contribution in [-0.2, 0) is 0 Å². The summed E-state index contributed by atoms with van der Waals surface area (Å²) in [4.78, 5) is 18.0. The molecule has 96 valence electrons. The third kappa shape index (κ3) is 1.77. The van der Waals surface area contributed by atoms with Crippen molar-refractivity contribution in [3.8, 4) is 0 Å². The fourth-order valence-corrected chi connectivity index (χ4v) is 2.59. The first-order valence-electron chi connectivity index (χ1n) is 6.36. The number of nitrogen functional groups attached to an aromatic ring is 1. The second-order valence-corrected chi connectivity index (χ2v) is 5.25. The van der Waals surface area contributed by atoms with Gasteiger partial charge in [-0.05, 0) is 18.3 Å². The summed E-state index contributed by atoms with van der Waals surface area (Å²) >= 11 is 0. The van der Waals surface area contributed by atoms with Crippen molar-refractivity contribution in [2.24, 2.45) is 11.8 Å². The molecule has 0 bridgehead atoms. The molecule has 6 heteroatoms. The predicted octanol–water partition coefficient (Wildman–Crippen LogP) is 1.42. The molecule has 2 aromatic rings. The van der Waals surface area contributed by atoms with Crippen LogP contribution in [0.2, 0.25) is 0 Å². The zero-order valence-electron chi connectivity index (χ0n) is 10.7. The first-order valence-corrected chi connectivity index (χ1v) is 6.36. The molecule has 18 heavy (non-hydrogen) atoms. The molecule has 0 radical (unpaired) electrons. The molecule has 3 N–H and O–H groups in total. The molecule has 2 aromatic heterocycles. The highest BCUT2D eigenvalue weighted by Gasteiger charge is 2.27. The quantitative estimate of drug-likeness (QED) is 0.837. The van der Waals surface area contributed by atoms with Gasteiger partial charge in [0.1, 0.15) is 5.52 Å². The Balaban J connectivity index is 1.97. The van der Waals surface area contributed by atoms with Gasteiger partial charge in [0.05, 0.1) is 6.33 Å². The molecule has 3 rings (SSSR count). The van der Waals surface area contributed by atoms with Crippen LogP contribution in [0, 0.1) is 11.8 Å². The van der Waals surface area contributed by atoms with Gasteiger partial charge >= 0.3 is 0 Å². The van der Waals surface area contributed by atoms with Crippen LogP contribution in [0.25, 0.3) is 11.2 Å². The Kier molecular flexibility index (Phi) is 2.57. The molecule has 1 aliphatic rings. The number of hydrogen-bond donors (Lipinski definition) is 2. The SMILES string of the molecule is CC(C)C1CCN(c2nc(N)nc3nc[nH]c23)C1. The second-order valence-electron chi connectivity index (χ2n) is 5.25. The third-order valence-electron chi connectivity index (χ3n) is 3.75. The zero-order chi connectivity index (χ0) is 12.7. The van der Waals surface area contributed by atoms with Crippen molar-refractivity contribution in [1.82, 2.24) is 19.9 Å². The molecule has 0 saturated carbocycles.